The molecule has 90 valence electrons. The molecular weight excluding hydrogens is 226 g/mol. The maximum atomic E-state index is 10.8. The lowest BCUT2D eigenvalue weighted by Gasteiger charge is -2.23. The number of carboxylic acids is 1. The van der Waals surface area contributed by atoms with Crippen molar-refractivity contribution in [2.24, 2.45) is 5.73 Å². The highest BCUT2D eigenvalue weighted by Crippen LogP contribution is 2.38. The van der Waals surface area contributed by atoms with Gasteiger partial charge in [0.2, 0.25) is 0 Å². The molecule has 3 N–H and O–H groups in total. The number of aldehydes is 1. The van der Waals surface area contributed by atoms with Gasteiger partial charge in [0.1, 0.15) is 19.3 Å². The second-order valence-electron chi connectivity index (χ2n) is 3.53. The van der Waals surface area contributed by atoms with Crippen LogP contribution in [0.5, 0.6) is 11.5 Å². The van der Waals surface area contributed by atoms with Gasteiger partial charge in [0, 0.05) is 5.56 Å². The van der Waals surface area contributed by atoms with E-state index < -0.39 is 12.0 Å². The van der Waals surface area contributed by atoms with E-state index in [9.17, 15) is 9.59 Å². The van der Waals surface area contributed by atoms with Crippen LogP contribution >= 0.6 is 0 Å². The number of aliphatic carboxylic acids is 1. The number of ether oxygens (including phenoxy) is 2. The van der Waals surface area contributed by atoms with Gasteiger partial charge in [0.05, 0.1) is 5.56 Å². The molecule has 1 aromatic carbocycles. The van der Waals surface area contributed by atoms with Crippen LogP contribution in [-0.2, 0) is 4.79 Å². The van der Waals surface area contributed by atoms with Gasteiger partial charge in [-0.25, -0.2) is 0 Å². The van der Waals surface area contributed by atoms with Crippen LogP contribution in [0, 0.1) is 0 Å². The molecule has 1 aromatic rings. The number of carboxylic acid groups (broad SMARTS) is 1. The largest absolute Gasteiger partial charge is 0.486 e. The first-order valence-electron chi connectivity index (χ1n) is 5.01. The average Bonchev–Trinajstić information content (AvgIpc) is 2.36. The summed E-state index contributed by atoms with van der Waals surface area (Å²) in [5.74, 6) is -0.656. The molecule has 0 saturated heterocycles. The number of fused-ring (bicyclic) bond motifs is 1. The average molecular weight is 237 g/mol. The van der Waals surface area contributed by atoms with Crippen LogP contribution in [0.25, 0.3) is 0 Å². The summed E-state index contributed by atoms with van der Waals surface area (Å²) in [6.45, 7) is 0.619. The standard InChI is InChI=1S/C11H11NO5/c12-8(11(14)15)7-2-1-6(5-13)9-10(7)17-4-3-16-9/h1-2,5,8H,3-4,12H2,(H,14,15). The third-order valence-electron chi connectivity index (χ3n) is 2.48. The molecule has 1 aliphatic heterocycles. The molecule has 0 aromatic heterocycles. The van der Waals surface area contributed by atoms with Crippen LogP contribution in [0.3, 0.4) is 0 Å². The fourth-order valence-corrected chi connectivity index (χ4v) is 1.65. The van der Waals surface area contributed by atoms with Crippen LogP contribution < -0.4 is 15.2 Å². The van der Waals surface area contributed by atoms with Crippen LogP contribution in [0.15, 0.2) is 12.1 Å². The summed E-state index contributed by atoms with van der Waals surface area (Å²) < 4.78 is 10.7. The number of hydrogen-bond acceptors (Lipinski definition) is 5. The molecule has 0 bridgehead atoms. The monoisotopic (exact) mass is 237 g/mol. The van der Waals surface area contributed by atoms with Gasteiger partial charge >= 0.3 is 5.97 Å². The summed E-state index contributed by atoms with van der Waals surface area (Å²) in [5.41, 5.74) is 6.15. The zero-order chi connectivity index (χ0) is 12.4. The molecule has 0 spiro atoms. The summed E-state index contributed by atoms with van der Waals surface area (Å²) >= 11 is 0. The Morgan fingerprint density at radius 2 is 2.00 bits per heavy atom. The van der Waals surface area contributed by atoms with Crippen molar-refractivity contribution in [2.75, 3.05) is 13.2 Å². The Morgan fingerprint density at radius 1 is 1.35 bits per heavy atom. The Labute approximate surface area is 96.9 Å². The van der Waals surface area contributed by atoms with Gasteiger partial charge in [-0.15, -0.1) is 0 Å². The molecule has 0 saturated carbocycles. The quantitative estimate of drug-likeness (QED) is 0.736. The number of benzene rings is 1. The van der Waals surface area contributed by atoms with E-state index in [0.717, 1.165) is 0 Å². The first kappa shape index (κ1) is 11.4. The van der Waals surface area contributed by atoms with Crippen molar-refractivity contribution in [3.63, 3.8) is 0 Å². The first-order chi connectivity index (χ1) is 8.15. The molecule has 17 heavy (non-hydrogen) atoms. The lowest BCUT2D eigenvalue weighted by Crippen LogP contribution is -2.24. The summed E-state index contributed by atoms with van der Waals surface area (Å²) in [6, 6.07) is 1.74. The molecule has 6 heteroatoms. The summed E-state index contributed by atoms with van der Waals surface area (Å²) in [7, 11) is 0. The number of carbonyl (C=O) groups excluding carboxylic acids is 1. The van der Waals surface area contributed by atoms with Crippen LogP contribution in [-0.4, -0.2) is 30.6 Å². The fraction of sp³-hybridized carbons (Fsp3) is 0.273. The van der Waals surface area contributed by atoms with Crippen molar-refractivity contribution in [3.05, 3.63) is 23.3 Å². The Morgan fingerprint density at radius 3 is 2.59 bits per heavy atom. The second kappa shape index (κ2) is 4.42. The second-order valence-corrected chi connectivity index (χ2v) is 3.53. The van der Waals surface area contributed by atoms with E-state index in [1.54, 1.807) is 0 Å². The van der Waals surface area contributed by atoms with Crippen molar-refractivity contribution in [1.82, 2.24) is 0 Å². The highest BCUT2D eigenvalue weighted by molar-refractivity contribution is 5.84. The Kier molecular flexibility index (Phi) is 2.97. The molecule has 6 nitrogen and oxygen atoms in total. The summed E-state index contributed by atoms with van der Waals surface area (Å²) in [6.07, 6.45) is 0.629. The van der Waals surface area contributed by atoms with Gasteiger partial charge in [-0.1, -0.05) is 6.07 Å². The van der Waals surface area contributed by atoms with Crippen LogP contribution in [0.1, 0.15) is 22.0 Å². The Bertz CT molecular complexity index is 471. The topological polar surface area (TPSA) is 98.9 Å². The summed E-state index contributed by atoms with van der Waals surface area (Å²) in [5, 5.41) is 8.87. The molecule has 0 radical (unpaired) electrons. The maximum Gasteiger partial charge on any atom is 0.325 e. The van der Waals surface area contributed by atoms with E-state index in [4.69, 9.17) is 20.3 Å². The first-order valence-corrected chi connectivity index (χ1v) is 5.01. The molecule has 2 rings (SSSR count). The maximum absolute atomic E-state index is 10.8. The smallest absolute Gasteiger partial charge is 0.325 e. The van der Waals surface area contributed by atoms with Crippen molar-refractivity contribution in [2.45, 2.75) is 6.04 Å². The number of carbonyl (C=O) groups is 2. The minimum Gasteiger partial charge on any atom is -0.486 e. The minimum atomic E-state index is -1.20. The lowest BCUT2D eigenvalue weighted by molar-refractivity contribution is -0.138. The van der Waals surface area contributed by atoms with Crippen molar-refractivity contribution >= 4 is 12.3 Å². The normalized spacial score (nSPS) is 15.1. The summed E-state index contributed by atoms with van der Waals surface area (Å²) in [4.78, 5) is 21.7. The van der Waals surface area contributed by atoms with Gasteiger partial charge in [-0.2, -0.15) is 0 Å². The molecule has 1 unspecified atom stereocenters. The predicted molar refractivity (Wildman–Crippen MR) is 57.4 cm³/mol. The number of hydrogen-bond donors (Lipinski definition) is 2. The van der Waals surface area contributed by atoms with Gasteiger partial charge in [0.15, 0.2) is 17.8 Å². The highest BCUT2D eigenvalue weighted by atomic mass is 16.6. The molecule has 0 aliphatic carbocycles. The van der Waals surface area contributed by atoms with Crippen LogP contribution in [0.4, 0.5) is 0 Å². The van der Waals surface area contributed by atoms with E-state index in [1.165, 1.54) is 12.1 Å². The molecule has 0 amide bonds. The molecule has 1 heterocycles. The van der Waals surface area contributed by atoms with Gasteiger partial charge in [-0.3, -0.25) is 9.59 Å². The molecule has 1 atom stereocenters. The SMILES string of the molecule is NC(C(=O)O)c1ccc(C=O)c2c1OCCO2. The zero-order valence-corrected chi connectivity index (χ0v) is 8.88. The van der Waals surface area contributed by atoms with Gasteiger partial charge in [0.25, 0.3) is 0 Å². The molecule has 0 fully saturated rings. The van der Waals surface area contributed by atoms with E-state index in [2.05, 4.69) is 0 Å². The van der Waals surface area contributed by atoms with E-state index in [-0.39, 0.29) is 11.5 Å². The number of rotatable bonds is 3. The predicted octanol–water partition coefficient (Wildman–Crippen LogP) is 0.355. The van der Waals surface area contributed by atoms with E-state index in [1.807, 2.05) is 0 Å². The van der Waals surface area contributed by atoms with Crippen molar-refractivity contribution < 1.29 is 24.2 Å². The molecule has 1 aliphatic rings. The third kappa shape index (κ3) is 1.94. The Hall–Kier alpha value is -2.08. The zero-order valence-electron chi connectivity index (χ0n) is 8.88. The van der Waals surface area contributed by atoms with Crippen molar-refractivity contribution in [1.29, 1.82) is 0 Å². The van der Waals surface area contributed by atoms with E-state index in [0.29, 0.717) is 30.6 Å². The third-order valence-corrected chi connectivity index (χ3v) is 2.48. The van der Waals surface area contributed by atoms with Crippen molar-refractivity contribution in [3.8, 4) is 11.5 Å². The van der Waals surface area contributed by atoms with Gasteiger partial charge < -0.3 is 20.3 Å². The number of nitrogens with two attached hydrogens (primary N) is 1. The van der Waals surface area contributed by atoms with Crippen LogP contribution in [0.2, 0.25) is 0 Å². The lowest BCUT2D eigenvalue weighted by atomic mass is 10.0. The minimum absolute atomic E-state index is 0.246. The van der Waals surface area contributed by atoms with Gasteiger partial charge in [-0.05, 0) is 6.07 Å². The Balaban J connectivity index is 2.54. The fourth-order valence-electron chi connectivity index (χ4n) is 1.65. The van der Waals surface area contributed by atoms with E-state index >= 15 is 0 Å². The highest BCUT2D eigenvalue weighted by Gasteiger charge is 2.26. The molecular formula is C11H11NO5.